The van der Waals surface area contributed by atoms with E-state index in [0.29, 0.717) is 15.9 Å². The van der Waals surface area contributed by atoms with Crippen LogP contribution in [0, 0.1) is 13.8 Å². The number of aromatic amines is 1. The van der Waals surface area contributed by atoms with E-state index in [1.807, 2.05) is 13.8 Å². The molecule has 8 heteroatoms. The molecule has 18 heavy (non-hydrogen) atoms. The van der Waals surface area contributed by atoms with Gasteiger partial charge in [-0.1, -0.05) is 0 Å². The van der Waals surface area contributed by atoms with E-state index in [9.17, 15) is 0 Å². The standard InChI is InChI=1S/C10H10N6OS/c1-4-5(2)17-10(14-4)18-8-6-7(13-3-12-6)15-9(11)16-8/h3H,1-2H3,(H3,11,12,13,15,16). The van der Waals surface area contributed by atoms with Crippen molar-refractivity contribution >= 4 is 28.9 Å². The molecule has 0 spiro atoms. The summed E-state index contributed by atoms with van der Waals surface area (Å²) < 4.78 is 5.50. The fourth-order valence-corrected chi connectivity index (χ4v) is 2.37. The first-order chi connectivity index (χ1) is 8.63. The molecule has 0 atom stereocenters. The van der Waals surface area contributed by atoms with Crippen molar-refractivity contribution in [3.05, 3.63) is 17.8 Å². The SMILES string of the molecule is Cc1nc(Sc2nc(N)nc3nc[nH]c23)oc1C. The van der Waals surface area contributed by atoms with Crippen molar-refractivity contribution in [2.24, 2.45) is 0 Å². The Balaban J connectivity index is 2.06. The second kappa shape index (κ2) is 3.98. The number of nitrogen functional groups attached to an aromatic ring is 1. The van der Waals surface area contributed by atoms with E-state index < -0.39 is 0 Å². The Hall–Kier alpha value is -2.09. The van der Waals surface area contributed by atoms with Gasteiger partial charge in [0.15, 0.2) is 5.65 Å². The molecule has 7 nitrogen and oxygen atoms in total. The lowest BCUT2D eigenvalue weighted by Crippen LogP contribution is -1.96. The summed E-state index contributed by atoms with van der Waals surface area (Å²) in [5, 5.41) is 1.18. The highest BCUT2D eigenvalue weighted by Gasteiger charge is 2.14. The Morgan fingerprint density at radius 1 is 1.28 bits per heavy atom. The van der Waals surface area contributed by atoms with E-state index in [1.165, 1.54) is 11.8 Å². The third kappa shape index (κ3) is 1.80. The summed E-state index contributed by atoms with van der Waals surface area (Å²) in [6.07, 6.45) is 1.55. The largest absolute Gasteiger partial charge is 0.436 e. The lowest BCUT2D eigenvalue weighted by atomic mass is 10.4. The number of anilines is 1. The fraction of sp³-hybridized carbons (Fsp3) is 0.200. The maximum absolute atomic E-state index is 5.63. The quantitative estimate of drug-likeness (QED) is 0.677. The monoisotopic (exact) mass is 262 g/mol. The van der Waals surface area contributed by atoms with Crippen molar-refractivity contribution in [2.45, 2.75) is 24.1 Å². The van der Waals surface area contributed by atoms with Crippen molar-refractivity contribution in [1.29, 1.82) is 0 Å². The number of H-pyrrole nitrogens is 1. The van der Waals surface area contributed by atoms with Crippen LogP contribution in [0.4, 0.5) is 5.95 Å². The molecule has 92 valence electrons. The van der Waals surface area contributed by atoms with Gasteiger partial charge >= 0.3 is 0 Å². The van der Waals surface area contributed by atoms with Crippen LogP contribution in [0.15, 0.2) is 21.0 Å². The molecule has 0 saturated carbocycles. The van der Waals surface area contributed by atoms with Gasteiger partial charge in [0.05, 0.1) is 12.0 Å². The molecule has 0 aromatic carbocycles. The summed E-state index contributed by atoms with van der Waals surface area (Å²) in [7, 11) is 0. The maximum atomic E-state index is 5.63. The Labute approximate surface area is 106 Å². The molecular formula is C10H10N6OS. The lowest BCUT2D eigenvalue weighted by Gasteiger charge is -1.99. The predicted molar refractivity (Wildman–Crippen MR) is 66.2 cm³/mol. The molecule has 3 heterocycles. The topological polar surface area (TPSA) is 107 Å². The molecule has 3 aromatic rings. The van der Waals surface area contributed by atoms with E-state index in [2.05, 4.69) is 24.9 Å². The number of hydrogen-bond donors (Lipinski definition) is 2. The lowest BCUT2D eigenvalue weighted by molar-refractivity contribution is 0.431. The van der Waals surface area contributed by atoms with Gasteiger partial charge in [-0.25, -0.2) is 15.0 Å². The second-order valence-electron chi connectivity index (χ2n) is 3.71. The molecule has 0 unspecified atom stereocenters. The number of nitrogens with two attached hydrogens (primary N) is 1. The van der Waals surface area contributed by atoms with Crippen LogP contribution >= 0.6 is 11.8 Å². The van der Waals surface area contributed by atoms with Gasteiger partial charge in [0.1, 0.15) is 16.3 Å². The average molecular weight is 262 g/mol. The summed E-state index contributed by atoms with van der Waals surface area (Å²) in [6, 6.07) is 0. The molecular weight excluding hydrogens is 252 g/mol. The molecule has 3 rings (SSSR count). The molecule has 0 bridgehead atoms. The van der Waals surface area contributed by atoms with Crippen molar-refractivity contribution in [2.75, 3.05) is 5.73 Å². The highest BCUT2D eigenvalue weighted by molar-refractivity contribution is 7.99. The van der Waals surface area contributed by atoms with Gasteiger partial charge in [-0.3, -0.25) is 0 Å². The summed E-state index contributed by atoms with van der Waals surface area (Å²) in [6.45, 7) is 3.76. The van der Waals surface area contributed by atoms with Crippen LogP contribution in [0.3, 0.4) is 0 Å². The number of fused-ring (bicyclic) bond motifs is 1. The van der Waals surface area contributed by atoms with Crippen LogP contribution < -0.4 is 5.73 Å². The molecule has 0 aliphatic rings. The minimum atomic E-state index is 0.178. The molecule has 0 saturated heterocycles. The van der Waals surface area contributed by atoms with Gasteiger partial charge in [-0.15, -0.1) is 0 Å². The summed E-state index contributed by atoms with van der Waals surface area (Å²) in [4.78, 5) is 19.5. The summed E-state index contributed by atoms with van der Waals surface area (Å²) >= 11 is 1.29. The summed E-state index contributed by atoms with van der Waals surface area (Å²) in [5.74, 6) is 0.970. The van der Waals surface area contributed by atoms with E-state index in [4.69, 9.17) is 10.2 Å². The maximum Gasteiger partial charge on any atom is 0.262 e. The highest BCUT2D eigenvalue weighted by atomic mass is 32.2. The van der Waals surface area contributed by atoms with Crippen LogP contribution in [0.2, 0.25) is 0 Å². The third-order valence-corrected chi connectivity index (χ3v) is 3.30. The van der Waals surface area contributed by atoms with Crippen LogP contribution in [-0.4, -0.2) is 24.9 Å². The van der Waals surface area contributed by atoms with Gasteiger partial charge < -0.3 is 15.1 Å². The molecule has 0 aliphatic carbocycles. The second-order valence-corrected chi connectivity index (χ2v) is 4.65. The van der Waals surface area contributed by atoms with Gasteiger partial charge in [0.25, 0.3) is 5.22 Å². The Morgan fingerprint density at radius 3 is 2.83 bits per heavy atom. The van der Waals surface area contributed by atoms with E-state index >= 15 is 0 Å². The van der Waals surface area contributed by atoms with Gasteiger partial charge in [-0.2, -0.15) is 4.98 Å². The van der Waals surface area contributed by atoms with Crippen LogP contribution in [0.25, 0.3) is 11.2 Å². The zero-order chi connectivity index (χ0) is 12.7. The molecule has 0 amide bonds. The van der Waals surface area contributed by atoms with Crippen molar-refractivity contribution in [3.8, 4) is 0 Å². The number of aryl methyl sites for hydroxylation is 2. The summed E-state index contributed by atoms with van der Waals surface area (Å²) in [5.41, 5.74) is 7.75. The van der Waals surface area contributed by atoms with Gasteiger partial charge in [-0.05, 0) is 25.6 Å². The van der Waals surface area contributed by atoms with Crippen LogP contribution in [-0.2, 0) is 0 Å². The molecule has 0 aliphatic heterocycles. The van der Waals surface area contributed by atoms with Crippen molar-refractivity contribution in [1.82, 2.24) is 24.9 Å². The first-order valence-corrected chi connectivity index (χ1v) is 6.03. The minimum absolute atomic E-state index is 0.178. The molecule has 0 fully saturated rings. The Morgan fingerprint density at radius 2 is 2.11 bits per heavy atom. The van der Waals surface area contributed by atoms with E-state index in [1.54, 1.807) is 6.33 Å². The smallest absolute Gasteiger partial charge is 0.262 e. The predicted octanol–water partition coefficient (Wildman–Crippen LogP) is 1.69. The van der Waals surface area contributed by atoms with Crippen molar-refractivity contribution < 1.29 is 4.42 Å². The first kappa shape index (κ1) is 11.0. The first-order valence-electron chi connectivity index (χ1n) is 5.22. The van der Waals surface area contributed by atoms with Crippen molar-refractivity contribution in [3.63, 3.8) is 0 Å². The number of oxazole rings is 1. The van der Waals surface area contributed by atoms with E-state index in [-0.39, 0.29) is 5.95 Å². The third-order valence-electron chi connectivity index (χ3n) is 2.46. The number of nitrogens with zero attached hydrogens (tertiary/aromatic N) is 4. The van der Waals surface area contributed by atoms with Crippen LogP contribution in [0.5, 0.6) is 0 Å². The molecule has 0 radical (unpaired) electrons. The van der Waals surface area contributed by atoms with Gasteiger partial charge in [0.2, 0.25) is 5.95 Å². The molecule has 3 aromatic heterocycles. The number of imidazole rings is 1. The van der Waals surface area contributed by atoms with Crippen LogP contribution in [0.1, 0.15) is 11.5 Å². The number of hydrogen-bond acceptors (Lipinski definition) is 7. The van der Waals surface area contributed by atoms with Gasteiger partial charge in [0, 0.05) is 0 Å². The fourth-order valence-electron chi connectivity index (χ4n) is 1.47. The number of rotatable bonds is 2. The number of nitrogens with one attached hydrogen (secondary N) is 1. The zero-order valence-corrected chi connectivity index (χ0v) is 10.6. The highest BCUT2D eigenvalue weighted by Crippen LogP contribution is 2.30. The van der Waals surface area contributed by atoms with E-state index in [0.717, 1.165) is 17.0 Å². The Bertz CT molecular complexity index is 699. The minimum Gasteiger partial charge on any atom is -0.436 e. The number of aromatic nitrogens is 5. The molecule has 3 N–H and O–H groups in total. The average Bonchev–Trinajstić information content (AvgIpc) is 2.86. The zero-order valence-electron chi connectivity index (χ0n) is 9.76. The normalized spacial score (nSPS) is 11.2. The Kier molecular flexibility index (Phi) is 2.44.